The Labute approximate surface area is 238 Å². The third kappa shape index (κ3) is 7.63. The highest BCUT2D eigenvalue weighted by atomic mass is 32.2. The molecule has 0 aliphatic carbocycles. The van der Waals surface area contributed by atoms with E-state index in [4.69, 9.17) is 4.74 Å². The van der Waals surface area contributed by atoms with Gasteiger partial charge in [-0.05, 0) is 62.1 Å². The molecule has 214 valence electrons. The molecule has 0 aromatic heterocycles. The smallest absolute Gasteiger partial charge is 0.264 e. The van der Waals surface area contributed by atoms with E-state index in [1.807, 2.05) is 58.0 Å². The summed E-state index contributed by atoms with van der Waals surface area (Å²) in [5.41, 5.74) is 2.94. The summed E-state index contributed by atoms with van der Waals surface area (Å²) in [4.78, 5) is 28.6. The molecule has 2 amide bonds. The lowest BCUT2D eigenvalue weighted by molar-refractivity contribution is -0.139. The van der Waals surface area contributed by atoms with Crippen molar-refractivity contribution in [3.63, 3.8) is 0 Å². The largest absolute Gasteiger partial charge is 0.495 e. The fourth-order valence-corrected chi connectivity index (χ4v) is 5.59. The van der Waals surface area contributed by atoms with E-state index >= 15 is 0 Å². The summed E-state index contributed by atoms with van der Waals surface area (Å²) in [6, 6.07) is 19.9. The van der Waals surface area contributed by atoms with Crippen LogP contribution in [0.1, 0.15) is 37.5 Å². The van der Waals surface area contributed by atoms with Crippen LogP contribution in [0, 0.1) is 19.8 Å². The molecule has 0 radical (unpaired) electrons. The van der Waals surface area contributed by atoms with Crippen LogP contribution < -0.4 is 14.4 Å². The standard InChI is InChI=1S/C31H39N3O5S/c1-22(2)19-32-31(36)25(5)33(20-26-15-12-23(3)13-16-26)30(35)21-34(28-18-24(4)14-17-29(28)39-6)40(37,38)27-10-8-7-9-11-27/h7-18,22,25H,19-21H2,1-6H3,(H,32,36)/t25-/m0/s1. The van der Waals surface area contributed by atoms with Gasteiger partial charge in [-0.2, -0.15) is 0 Å². The first-order chi connectivity index (χ1) is 18.9. The van der Waals surface area contributed by atoms with Gasteiger partial charge < -0.3 is 15.0 Å². The van der Waals surface area contributed by atoms with Crippen LogP contribution in [0.4, 0.5) is 5.69 Å². The normalized spacial score (nSPS) is 12.1. The lowest BCUT2D eigenvalue weighted by Gasteiger charge is -2.32. The van der Waals surface area contributed by atoms with Crippen LogP contribution in [-0.4, -0.2) is 51.4 Å². The Kier molecular flexibility index (Phi) is 10.3. The Bertz CT molecular complexity index is 1410. The molecule has 0 aliphatic rings. The van der Waals surface area contributed by atoms with E-state index in [1.54, 1.807) is 37.3 Å². The first-order valence-corrected chi connectivity index (χ1v) is 14.7. The molecule has 0 unspecified atom stereocenters. The number of anilines is 1. The summed E-state index contributed by atoms with van der Waals surface area (Å²) in [5, 5.41) is 2.89. The van der Waals surface area contributed by atoms with Crippen LogP contribution >= 0.6 is 0 Å². The summed E-state index contributed by atoms with van der Waals surface area (Å²) in [6.45, 7) is 9.52. The van der Waals surface area contributed by atoms with Gasteiger partial charge in [-0.3, -0.25) is 13.9 Å². The maximum Gasteiger partial charge on any atom is 0.264 e. The Balaban J connectivity index is 2.06. The molecule has 3 aromatic carbocycles. The molecule has 3 rings (SSSR count). The molecule has 0 aliphatic heterocycles. The van der Waals surface area contributed by atoms with E-state index in [0.717, 1.165) is 21.0 Å². The molecule has 0 fully saturated rings. The Hall–Kier alpha value is -3.85. The van der Waals surface area contributed by atoms with Gasteiger partial charge >= 0.3 is 0 Å². The average molecular weight is 566 g/mol. The van der Waals surface area contributed by atoms with Crippen molar-refractivity contribution >= 4 is 27.5 Å². The van der Waals surface area contributed by atoms with Crippen LogP contribution in [0.15, 0.2) is 77.7 Å². The zero-order chi connectivity index (χ0) is 29.4. The van der Waals surface area contributed by atoms with Crippen molar-refractivity contribution in [2.24, 2.45) is 5.92 Å². The molecule has 0 bridgehead atoms. The molecule has 0 heterocycles. The summed E-state index contributed by atoms with van der Waals surface area (Å²) in [6.07, 6.45) is 0. The maximum atomic E-state index is 14.0. The fraction of sp³-hybridized carbons (Fsp3) is 0.355. The van der Waals surface area contributed by atoms with Gasteiger partial charge in [-0.1, -0.05) is 67.9 Å². The minimum atomic E-state index is -4.17. The third-order valence-electron chi connectivity index (χ3n) is 6.54. The number of nitrogens with zero attached hydrogens (tertiary/aromatic N) is 2. The average Bonchev–Trinajstić information content (AvgIpc) is 2.94. The van der Waals surface area contributed by atoms with Gasteiger partial charge in [0.15, 0.2) is 0 Å². The van der Waals surface area contributed by atoms with Gasteiger partial charge in [-0.25, -0.2) is 8.42 Å². The van der Waals surface area contributed by atoms with E-state index < -0.39 is 28.5 Å². The van der Waals surface area contributed by atoms with Gasteiger partial charge in [0.2, 0.25) is 11.8 Å². The maximum absolute atomic E-state index is 14.0. The van der Waals surface area contributed by atoms with Gasteiger partial charge in [0.05, 0.1) is 17.7 Å². The molecule has 40 heavy (non-hydrogen) atoms. The molecular formula is C31H39N3O5S. The van der Waals surface area contributed by atoms with E-state index in [0.29, 0.717) is 12.3 Å². The summed E-state index contributed by atoms with van der Waals surface area (Å²) < 4.78 is 34.5. The first-order valence-electron chi connectivity index (χ1n) is 13.3. The number of nitrogens with one attached hydrogen (secondary N) is 1. The zero-order valence-corrected chi connectivity index (χ0v) is 24.9. The van der Waals surface area contributed by atoms with E-state index in [-0.39, 0.29) is 29.0 Å². The molecule has 0 saturated carbocycles. The number of methoxy groups -OCH3 is 1. The van der Waals surface area contributed by atoms with Crippen molar-refractivity contribution in [3.8, 4) is 5.75 Å². The lowest BCUT2D eigenvalue weighted by Crippen LogP contribution is -2.51. The van der Waals surface area contributed by atoms with Gasteiger partial charge in [0, 0.05) is 13.1 Å². The molecule has 0 saturated heterocycles. The van der Waals surface area contributed by atoms with Crippen LogP contribution in [0.3, 0.4) is 0 Å². The summed E-state index contributed by atoms with van der Waals surface area (Å²) in [5.74, 6) is -0.279. The lowest BCUT2D eigenvalue weighted by atomic mass is 10.1. The highest BCUT2D eigenvalue weighted by Gasteiger charge is 2.33. The molecular weight excluding hydrogens is 526 g/mol. The number of hydrogen-bond donors (Lipinski definition) is 1. The summed E-state index contributed by atoms with van der Waals surface area (Å²) >= 11 is 0. The number of aryl methyl sites for hydroxylation is 2. The molecule has 3 aromatic rings. The Morgan fingerprint density at radius 3 is 2.12 bits per heavy atom. The van der Waals surface area contributed by atoms with Crippen molar-refractivity contribution in [2.45, 2.75) is 52.1 Å². The summed E-state index contributed by atoms with van der Waals surface area (Å²) in [7, 11) is -2.72. The number of hydrogen-bond acceptors (Lipinski definition) is 5. The van der Waals surface area contributed by atoms with Crippen molar-refractivity contribution in [1.29, 1.82) is 0 Å². The predicted octanol–water partition coefficient (Wildman–Crippen LogP) is 4.70. The Morgan fingerprint density at radius 2 is 1.52 bits per heavy atom. The van der Waals surface area contributed by atoms with Gasteiger partial charge in [0.25, 0.3) is 10.0 Å². The van der Waals surface area contributed by atoms with Crippen LogP contribution in [-0.2, 0) is 26.2 Å². The number of carbonyl (C=O) groups is 2. The number of sulfonamides is 1. The predicted molar refractivity (Wildman–Crippen MR) is 158 cm³/mol. The number of benzene rings is 3. The number of ether oxygens (including phenoxy) is 1. The monoisotopic (exact) mass is 565 g/mol. The van der Waals surface area contributed by atoms with Gasteiger partial charge in [0.1, 0.15) is 18.3 Å². The van der Waals surface area contributed by atoms with Crippen LogP contribution in [0.5, 0.6) is 5.75 Å². The zero-order valence-electron chi connectivity index (χ0n) is 24.0. The second-order valence-corrected chi connectivity index (χ2v) is 12.2. The second kappa shape index (κ2) is 13.5. The fourth-order valence-electron chi connectivity index (χ4n) is 4.15. The highest BCUT2D eigenvalue weighted by Crippen LogP contribution is 2.33. The number of amides is 2. The molecule has 1 N–H and O–H groups in total. The number of carbonyl (C=O) groups excluding carboxylic acids is 2. The van der Waals surface area contributed by atoms with E-state index in [2.05, 4.69) is 5.32 Å². The quantitative estimate of drug-likeness (QED) is 0.344. The van der Waals surface area contributed by atoms with Gasteiger partial charge in [-0.15, -0.1) is 0 Å². The first kappa shape index (κ1) is 30.7. The minimum absolute atomic E-state index is 0.0409. The molecule has 0 spiro atoms. The minimum Gasteiger partial charge on any atom is -0.495 e. The van der Waals surface area contributed by atoms with Crippen LogP contribution in [0.25, 0.3) is 0 Å². The van der Waals surface area contributed by atoms with Crippen LogP contribution in [0.2, 0.25) is 0 Å². The molecule has 8 nitrogen and oxygen atoms in total. The molecule has 9 heteroatoms. The van der Waals surface area contributed by atoms with E-state index in [9.17, 15) is 18.0 Å². The second-order valence-electron chi connectivity index (χ2n) is 10.3. The van der Waals surface area contributed by atoms with E-state index in [1.165, 1.54) is 24.1 Å². The van der Waals surface area contributed by atoms with Crippen molar-refractivity contribution in [1.82, 2.24) is 10.2 Å². The Morgan fingerprint density at radius 1 is 0.900 bits per heavy atom. The number of rotatable bonds is 12. The van der Waals surface area contributed by atoms with Crippen molar-refractivity contribution in [3.05, 3.63) is 89.5 Å². The molecule has 1 atom stereocenters. The van der Waals surface area contributed by atoms with Crippen molar-refractivity contribution in [2.75, 3.05) is 24.5 Å². The highest BCUT2D eigenvalue weighted by molar-refractivity contribution is 7.92. The van der Waals surface area contributed by atoms with Crippen molar-refractivity contribution < 1.29 is 22.7 Å². The SMILES string of the molecule is COc1ccc(C)cc1N(CC(=O)N(Cc1ccc(C)cc1)[C@@H](C)C(=O)NCC(C)C)S(=O)(=O)c1ccccc1. The topological polar surface area (TPSA) is 96.0 Å². The third-order valence-corrected chi connectivity index (χ3v) is 8.31.